The van der Waals surface area contributed by atoms with Gasteiger partial charge in [-0.3, -0.25) is 4.90 Å². The lowest BCUT2D eigenvalue weighted by atomic mass is 10.2. The largest absolute Gasteiger partial charge is 0.462 e. The van der Waals surface area contributed by atoms with Gasteiger partial charge in [-0.1, -0.05) is 29.3 Å². The minimum absolute atomic E-state index is 0.321. The first-order chi connectivity index (χ1) is 14.0. The summed E-state index contributed by atoms with van der Waals surface area (Å²) in [6.07, 6.45) is 0. The van der Waals surface area contributed by atoms with E-state index in [1.165, 1.54) is 0 Å². The summed E-state index contributed by atoms with van der Waals surface area (Å²) in [6, 6.07) is 12.7. The Hall–Kier alpha value is -1.86. The Bertz CT molecular complexity index is 869. The number of piperazine rings is 1. The molecule has 1 saturated heterocycles. The Labute approximate surface area is 186 Å². The molecule has 0 atom stereocenters. The van der Waals surface area contributed by atoms with Crippen molar-refractivity contribution in [2.24, 2.45) is 0 Å². The predicted octanol–water partition coefficient (Wildman–Crippen LogP) is 4.68. The van der Waals surface area contributed by atoms with Crippen molar-refractivity contribution in [1.29, 1.82) is 0 Å². The van der Waals surface area contributed by atoms with Crippen LogP contribution in [0.4, 0.5) is 5.69 Å². The average Bonchev–Trinajstić information content (AvgIpc) is 2.71. The molecule has 29 heavy (non-hydrogen) atoms. The molecule has 1 fully saturated rings. The normalized spacial score (nSPS) is 14.5. The van der Waals surface area contributed by atoms with Crippen molar-refractivity contribution >= 4 is 52.2 Å². The molecular weight excluding hydrogens is 429 g/mol. The lowest BCUT2D eigenvalue weighted by Gasteiger charge is -2.36. The van der Waals surface area contributed by atoms with Crippen molar-refractivity contribution < 1.29 is 9.53 Å². The average molecular weight is 452 g/mol. The molecule has 0 aromatic heterocycles. The molecule has 1 heterocycles. The molecule has 1 N–H and O–H groups in total. The molecule has 0 aliphatic carbocycles. The summed E-state index contributed by atoms with van der Waals surface area (Å²) in [4.78, 5) is 16.2. The fraction of sp³-hybridized carbons (Fsp3) is 0.333. The first-order valence-corrected chi connectivity index (χ1v) is 10.6. The molecule has 0 unspecified atom stereocenters. The Morgan fingerprint density at radius 3 is 2.41 bits per heavy atom. The maximum Gasteiger partial charge on any atom is 0.338 e. The van der Waals surface area contributed by atoms with Crippen LogP contribution in [0.5, 0.6) is 0 Å². The number of hydrogen-bond donors (Lipinski definition) is 1. The number of hydrogen-bond acceptors (Lipinski definition) is 4. The van der Waals surface area contributed by atoms with Crippen LogP contribution in [0.2, 0.25) is 10.0 Å². The van der Waals surface area contributed by atoms with Gasteiger partial charge < -0.3 is 15.0 Å². The van der Waals surface area contributed by atoms with Gasteiger partial charge in [0.15, 0.2) is 5.11 Å². The molecule has 1 aliphatic rings. The molecule has 154 valence electrons. The van der Waals surface area contributed by atoms with Crippen LogP contribution in [0.3, 0.4) is 0 Å². The smallest absolute Gasteiger partial charge is 0.338 e. The van der Waals surface area contributed by atoms with E-state index in [4.69, 9.17) is 40.2 Å². The van der Waals surface area contributed by atoms with Crippen LogP contribution in [0.15, 0.2) is 42.5 Å². The van der Waals surface area contributed by atoms with Crippen LogP contribution in [-0.2, 0) is 11.3 Å². The molecule has 0 amide bonds. The van der Waals surface area contributed by atoms with Gasteiger partial charge in [0.1, 0.15) is 0 Å². The summed E-state index contributed by atoms with van der Waals surface area (Å²) in [5, 5.41) is 5.27. The van der Waals surface area contributed by atoms with Crippen molar-refractivity contribution in [2.75, 3.05) is 38.1 Å². The molecule has 5 nitrogen and oxygen atoms in total. The molecule has 0 radical (unpaired) electrons. The maximum atomic E-state index is 11.7. The van der Waals surface area contributed by atoms with Gasteiger partial charge in [0.2, 0.25) is 0 Å². The zero-order valence-corrected chi connectivity index (χ0v) is 18.5. The highest BCUT2D eigenvalue weighted by Crippen LogP contribution is 2.23. The number of rotatable bonds is 5. The zero-order valence-electron chi connectivity index (χ0n) is 16.2. The molecular formula is C21H23Cl2N3O2S. The van der Waals surface area contributed by atoms with Crippen LogP contribution in [0, 0.1) is 0 Å². The van der Waals surface area contributed by atoms with Crippen LogP contribution in [-0.4, -0.2) is 53.7 Å². The number of nitrogens with zero attached hydrogens (tertiary/aromatic N) is 2. The third-order valence-corrected chi connectivity index (χ3v) is 5.66. The van der Waals surface area contributed by atoms with E-state index in [9.17, 15) is 4.79 Å². The number of carbonyl (C=O) groups is 1. The molecule has 2 aromatic carbocycles. The lowest BCUT2D eigenvalue weighted by molar-refractivity contribution is 0.0526. The highest BCUT2D eigenvalue weighted by atomic mass is 35.5. The van der Waals surface area contributed by atoms with Gasteiger partial charge in [-0.25, -0.2) is 4.79 Å². The standard InChI is InChI=1S/C21H23Cl2N3O2S/c1-2-28-20(27)15-4-7-18(8-5-15)24-21(29)26-11-9-25(10-12-26)14-16-3-6-17(22)13-19(16)23/h3-8,13H,2,9-12,14H2,1H3,(H,24,29). The van der Waals surface area contributed by atoms with Gasteiger partial charge in [-0.15, -0.1) is 0 Å². The summed E-state index contributed by atoms with van der Waals surface area (Å²) >= 11 is 17.8. The van der Waals surface area contributed by atoms with Crippen LogP contribution in [0.25, 0.3) is 0 Å². The fourth-order valence-electron chi connectivity index (χ4n) is 3.11. The summed E-state index contributed by atoms with van der Waals surface area (Å²) in [7, 11) is 0. The van der Waals surface area contributed by atoms with Gasteiger partial charge in [0, 0.05) is 48.5 Å². The van der Waals surface area contributed by atoms with Gasteiger partial charge in [0.05, 0.1) is 12.2 Å². The first kappa shape index (κ1) is 21.8. The number of nitrogens with one attached hydrogen (secondary N) is 1. The molecule has 0 spiro atoms. The number of benzene rings is 2. The SMILES string of the molecule is CCOC(=O)c1ccc(NC(=S)N2CCN(Cc3ccc(Cl)cc3Cl)CC2)cc1. The van der Waals surface area contributed by atoms with Crippen molar-refractivity contribution in [3.05, 3.63) is 63.6 Å². The molecule has 0 saturated carbocycles. The third kappa shape index (κ3) is 6.06. The fourth-order valence-corrected chi connectivity index (χ4v) is 3.88. The minimum Gasteiger partial charge on any atom is -0.462 e. The highest BCUT2D eigenvalue weighted by Gasteiger charge is 2.20. The van der Waals surface area contributed by atoms with E-state index in [0.717, 1.165) is 44.0 Å². The summed E-state index contributed by atoms with van der Waals surface area (Å²) in [6.45, 7) is 6.38. The second-order valence-electron chi connectivity index (χ2n) is 6.73. The van der Waals surface area contributed by atoms with Crippen molar-refractivity contribution in [3.8, 4) is 0 Å². The number of carbonyl (C=O) groups excluding carboxylic acids is 1. The summed E-state index contributed by atoms with van der Waals surface area (Å²) in [5.74, 6) is -0.321. The number of esters is 1. The molecule has 3 rings (SSSR count). The van der Waals surface area contributed by atoms with Gasteiger partial charge in [-0.05, 0) is 61.1 Å². The Kier molecular flexibility index (Phi) is 7.72. The summed E-state index contributed by atoms with van der Waals surface area (Å²) in [5.41, 5.74) is 2.45. The minimum atomic E-state index is -0.321. The molecule has 2 aromatic rings. The van der Waals surface area contributed by atoms with Crippen LogP contribution in [0.1, 0.15) is 22.8 Å². The monoisotopic (exact) mass is 451 g/mol. The molecule has 8 heteroatoms. The van der Waals surface area contributed by atoms with E-state index in [1.807, 2.05) is 24.3 Å². The van der Waals surface area contributed by atoms with Crippen molar-refractivity contribution in [1.82, 2.24) is 9.80 Å². The third-order valence-electron chi connectivity index (χ3n) is 4.72. The van der Waals surface area contributed by atoms with Crippen LogP contribution >= 0.6 is 35.4 Å². The van der Waals surface area contributed by atoms with Crippen LogP contribution < -0.4 is 5.32 Å². The van der Waals surface area contributed by atoms with Gasteiger partial charge >= 0.3 is 5.97 Å². The summed E-state index contributed by atoms with van der Waals surface area (Å²) < 4.78 is 5.00. The second-order valence-corrected chi connectivity index (χ2v) is 7.96. The Balaban J connectivity index is 1.49. The van der Waals surface area contributed by atoms with Crippen molar-refractivity contribution in [3.63, 3.8) is 0 Å². The predicted molar refractivity (Wildman–Crippen MR) is 122 cm³/mol. The number of anilines is 1. The van der Waals surface area contributed by atoms with Gasteiger partial charge in [-0.2, -0.15) is 0 Å². The number of thiocarbonyl (C=S) groups is 1. The Morgan fingerprint density at radius 1 is 1.10 bits per heavy atom. The van der Waals surface area contributed by atoms with E-state index in [0.29, 0.717) is 27.3 Å². The van der Waals surface area contributed by atoms with E-state index in [1.54, 1.807) is 25.1 Å². The lowest BCUT2D eigenvalue weighted by Crippen LogP contribution is -2.49. The van der Waals surface area contributed by atoms with Crippen molar-refractivity contribution in [2.45, 2.75) is 13.5 Å². The second kappa shape index (κ2) is 10.3. The van der Waals surface area contributed by atoms with E-state index < -0.39 is 0 Å². The topological polar surface area (TPSA) is 44.8 Å². The number of halogens is 2. The van der Waals surface area contributed by atoms with E-state index in [-0.39, 0.29) is 5.97 Å². The molecule has 0 bridgehead atoms. The maximum absolute atomic E-state index is 11.7. The first-order valence-electron chi connectivity index (χ1n) is 9.45. The van der Waals surface area contributed by atoms with E-state index >= 15 is 0 Å². The molecule has 1 aliphatic heterocycles. The Morgan fingerprint density at radius 2 is 1.79 bits per heavy atom. The number of ether oxygens (including phenoxy) is 1. The van der Waals surface area contributed by atoms with E-state index in [2.05, 4.69) is 15.1 Å². The zero-order chi connectivity index (χ0) is 20.8. The van der Waals surface area contributed by atoms with Gasteiger partial charge in [0.25, 0.3) is 0 Å². The highest BCUT2D eigenvalue weighted by molar-refractivity contribution is 7.80. The quantitative estimate of drug-likeness (QED) is 0.525.